The van der Waals surface area contributed by atoms with Gasteiger partial charge in [0, 0.05) is 19.2 Å². The van der Waals surface area contributed by atoms with Crippen LogP contribution in [0.1, 0.15) is 26.6 Å². The van der Waals surface area contributed by atoms with Gasteiger partial charge in [-0.2, -0.15) is 0 Å². The lowest BCUT2D eigenvalue weighted by atomic mass is 10.2. The highest BCUT2D eigenvalue weighted by Crippen LogP contribution is 2.16. The van der Waals surface area contributed by atoms with E-state index in [1.54, 1.807) is 37.3 Å². The predicted octanol–water partition coefficient (Wildman–Crippen LogP) is 1.15. The number of para-hydroxylation sites is 1. The molecule has 0 bridgehead atoms. The Morgan fingerprint density at radius 1 is 1.18 bits per heavy atom. The van der Waals surface area contributed by atoms with Gasteiger partial charge in [0.2, 0.25) is 0 Å². The summed E-state index contributed by atoms with van der Waals surface area (Å²) in [6.45, 7) is 2.28. The highest BCUT2D eigenvalue weighted by Gasteiger charge is 2.12. The molecular weight excluding hydrogens is 286 g/mol. The molecule has 2 N–H and O–H groups in total. The van der Waals surface area contributed by atoms with Crippen LogP contribution in [0.4, 0.5) is 0 Å². The zero-order valence-corrected chi connectivity index (χ0v) is 12.4. The van der Waals surface area contributed by atoms with Crippen LogP contribution >= 0.6 is 0 Å². The molecular formula is C15H17N3O4. The molecule has 0 aliphatic heterocycles. The lowest BCUT2D eigenvalue weighted by Crippen LogP contribution is -2.34. The molecule has 0 unspecified atom stereocenters. The smallest absolute Gasteiger partial charge is 0.273 e. The molecule has 1 aromatic heterocycles. The van der Waals surface area contributed by atoms with Gasteiger partial charge in [0.05, 0.1) is 12.7 Å². The molecule has 0 saturated heterocycles. The minimum Gasteiger partial charge on any atom is -0.496 e. The fourth-order valence-corrected chi connectivity index (χ4v) is 1.84. The van der Waals surface area contributed by atoms with E-state index in [-0.39, 0.29) is 24.1 Å². The van der Waals surface area contributed by atoms with E-state index in [1.807, 2.05) is 0 Å². The summed E-state index contributed by atoms with van der Waals surface area (Å²) in [7, 11) is 1.51. The lowest BCUT2D eigenvalue weighted by Gasteiger charge is -2.09. The van der Waals surface area contributed by atoms with Gasteiger partial charge < -0.3 is 19.9 Å². The zero-order valence-electron chi connectivity index (χ0n) is 12.4. The molecule has 7 nitrogen and oxygen atoms in total. The molecule has 0 saturated carbocycles. The number of aryl methyl sites for hydroxylation is 1. The summed E-state index contributed by atoms with van der Waals surface area (Å²) in [4.78, 5) is 23.7. The van der Waals surface area contributed by atoms with Crippen LogP contribution in [0, 0.1) is 6.92 Å². The third-order valence-electron chi connectivity index (χ3n) is 2.91. The topological polar surface area (TPSA) is 93.5 Å². The Morgan fingerprint density at radius 3 is 2.50 bits per heavy atom. The minimum atomic E-state index is -0.344. The summed E-state index contributed by atoms with van der Waals surface area (Å²) in [5.74, 6) is 0.462. The fourth-order valence-electron chi connectivity index (χ4n) is 1.84. The normalized spacial score (nSPS) is 10.1. The molecule has 0 spiro atoms. The van der Waals surface area contributed by atoms with E-state index < -0.39 is 0 Å². The number of benzene rings is 1. The van der Waals surface area contributed by atoms with E-state index >= 15 is 0 Å². The van der Waals surface area contributed by atoms with Gasteiger partial charge in [-0.25, -0.2) is 0 Å². The third-order valence-corrected chi connectivity index (χ3v) is 2.91. The van der Waals surface area contributed by atoms with Gasteiger partial charge in [-0.05, 0) is 19.1 Å². The van der Waals surface area contributed by atoms with Crippen molar-refractivity contribution in [2.45, 2.75) is 6.92 Å². The molecule has 116 valence electrons. The van der Waals surface area contributed by atoms with Crippen molar-refractivity contribution in [2.75, 3.05) is 20.2 Å². The molecule has 0 radical (unpaired) electrons. The number of amides is 2. The molecule has 7 heteroatoms. The van der Waals surface area contributed by atoms with Gasteiger partial charge in [-0.15, -0.1) is 0 Å². The van der Waals surface area contributed by atoms with Crippen LogP contribution in [0.3, 0.4) is 0 Å². The van der Waals surface area contributed by atoms with Crippen molar-refractivity contribution < 1.29 is 18.8 Å². The number of nitrogens with one attached hydrogen (secondary N) is 2. The van der Waals surface area contributed by atoms with Crippen molar-refractivity contribution >= 4 is 11.8 Å². The molecule has 0 aliphatic rings. The average molecular weight is 303 g/mol. The largest absolute Gasteiger partial charge is 0.496 e. The van der Waals surface area contributed by atoms with Crippen LogP contribution in [0.5, 0.6) is 5.75 Å². The van der Waals surface area contributed by atoms with Crippen molar-refractivity contribution in [1.29, 1.82) is 0 Å². The van der Waals surface area contributed by atoms with E-state index in [2.05, 4.69) is 15.8 Å². The summed E-state index contributed by atoms with van der Waals surface area (Å²) >= 11 is 0. The number of rotatable bonds is 6. The second kappa shape index (κ2) is 7.26. The summed E-state index contributed by atoms with van der Waals surface area (Å²) in [6.07, 6.45) is 0. The van der Waals surface area contributed by atoms with Crippen molar-refractivity contribution in [2.24, 2.45) is 0 Å². The Kier molecular flexibility index (Phi) is 5.13. The summed E-state index contributed by atoms with van der Waals surface area (Å²) in [6, 6.07) is 8.47. The molecule has 0 fully saturated rings. The Bertz CT molecular complexity index is 666. The number of nitrogens with zero attached hydrogens (tertiary/aromatic N) is 1. The number of carbonyl (C=O) groups excluding carboxylic acids is 2. The van der Waals surface area contributed by atoms with Crippen LogP contribution in [-0.4, -0.2) is 37.2 Å². The van der Waals surface area contributed by atoms with Gasteiger partial charge in [-0.1, -0.05) is 17.3 Å². The number of ether oxygens (including phenoxy) is 1. The SMILES string of the molecule is COc1ccccc1C(=O)NCCNC(=O)c1cc(C)on1. The molecule has 2 rings (SSSR count). The third kappa shape index (κ3) is 3.85. The van der Waals surface area contributed by atoms with E-state index in [0.29, 0.717) is 23.6 Å². The van der Waals surface area contributed by atoms with Crippen molar-refractivity contribution in [1.82, 2.24) is 15.8 Å². The fraction of sp³-hybridized carbons (Fsp3) is 0.267. The molecule has 1 heterocycles. The Balaban J connectivity index is 1.79. The summed E-state index contributed by atoms with van der Waals surface area (Å²) in [5.41, 5.74) is 0.664. The molecule has 2 amide bonds. The molecule has 0 atom stereocenters. The number of hydrogen-bond donors (Lipinski definition) is 2. The maximum atomic E-state index is 12.0. The summed E-state index contributed by atoms with van der Waals surface area (Å²) in [5, 5.41) is 8.96. The molecule has 1 aromatic carbocycles. The lowest BCUT2D eigenvalue weighted by molar-refractivity contribution is 0.0921. The highest BCUT2D eigenvalue weighted by molar-refractivity contribution is 5.97. The van der Waals surface area contributed by atoms with Crippen LogP contribution in [0.15, 0.2) is 34.9 Å². The van der Waals surface area contributed by atoms with Crippen molar-refractivity contribution in [3.8, 4) is 5.75 Å². The standard InChI is InChI=1S/C15H17N3O4/c1-10-9-12(18-22-10)15(20)17-8-7-16-14(19)11-5-3-4-6-13(11)21-2/h3-6,9H,7-8H2,1-2H3,(H,16,19)(H,17,20). The van der Waals surface area contributed by atoms with Crippen LogP contribution in [0.2, 0.25) is 0 Å². The highest BCUT2D eigenvalue weighted by atomic mass is 16.5. The first kappa shape index (κ1) is 15.6. The number of hydrogen-bond acceptors (Lipinski definition) is 5. The second-order valence-electron chi connectivity index (χ2n) is 4.53. The Hall–Kier alpha value is -2.83. The minimum absolute atomic E-state index is 0.216. The van der Waals surface area contributed by atoms with E-state index in [1.165, 1.54) is 7.11 Å². The van der Waals surface area contributed by atoms with Crippen LogP contribution in [0.25, 0.3) is 0 Å². The number of carbonyl (C=O) groups is 2. The Morgan fingerprint density at radius 2 is 1.86 bits per heavy atom. The first-order valence-electron chi connectivity index (χ1n) is 6.74. The van der Waals surface area contributed by atoms with E-state index in [4.69, 9.17) is 9.26 Å². The molecule has 2 aromatic rings. The maximum absolute atomic E-state index is 12.0. The second-order valence-corrected chi connectivity index (χ2v) is 4.53. The monoisotopic (exact) mass is 303 g/mol. The quantitative estimate of drug-likeness (QED) is 0.781. The van der Waals surface area contributed by atoms with Crippen molar-refractivity contribution in [3.63, 3.8) is 0 Å². The summed E-state index contributed by atoms with van der Waals surface area (Å²) < 4.78 is 9.94. The van der Waals surface area contributed by atoms with Gasteiger partial charge in [0.15, 0.2) is 5.69 Å². The molecule has 22 heavy (non-hydrogen) atoms. The van der Waals surface area contributed by atoms with Gasteiger partial charge in [0.1, 0.15) is 11.5 Å². The zero-order chi connectivity index (χ0) is 15.9. The predicted molar refractivity (Wildman–Crippen MR) is 78.9 cm³/mol. The first-order valence-corrected chi connectivity index (χ1v) is 6.74. The first-order chi connectivity index (χ1) is 10.6. The average Bonchev–Trinajstić information content (AvgIpc) is 2.97. The van der Waals surface area contributed by atoms with Crippen LogP contribution < -0.4 is 15.4 Å². The Labute approximate surface area is 127 Å². The van der Waals surface area contributed by atoms with Crippen LogP contribution in [-0.2, 0) is 0 Å². The van der Waals surface area contributed by atoms with E-state index in [9.17, 15) is 9.59 Å². The van der Waals surface area contributed by atoms with Gasteiger partial charge in [-0.3, -0.25) is 9.59 Å². The van der Waals surface area contributed by atoms with Gasteiger partial charge in [0.25, 0.3) is 11.8 Å². The number of methoxy groups -OCH3 is 1. The molecule has 0 aliphatic carbocycles. The maximum Gasteiger partial charge on any atom is 0.273 e. The van der Waals surface area contributed by atoms with Gasteiger partial charge >= 0.3 is 0 Å². The van der Waals surface area contributed by atoms with E-state index in [0.717, 1.165) is 0 Å². The van der Waals surface area contributed by atoms with Crippen molar-refractivity contribution in [3.05, 3.63) is 47.3 Å². The number of aromatic nitrogens is 1.